The number of hydrogen-bond donors (Lipinski definition) is 1. The third-order valence-corrected chi connectivity index (χ3v) is 3.19. The van der Waals surface area contributed by atoms with Gasteiger partial charge in [-0.1, -0.05) is 0 Å². The molecule has 1 aromatic heterocycles. The Kier molecular flexibility index (Phi) is 4.46. The standard InChI is InChI=1S/C13H18N4O2/c14-4-3-12(18)16-6-8-17(9-7-16)13(19)11-2-1-5-15-10-11/h1-2,5,10H,3-4,6-9,14H2. The van der Waals surface area contributed by atoms with Gasteiger partial charge < -0.3 is 15.5 Å². The Morgan fingerprint density at radius 2 is 1.89 bits per heavy atom. The van der Waals surface area contributed by atoms with Crippen molar-refractivity contribution >= 4 is 11.8 Å². The minimum atomic E-state index is -0.0287. The molecule has 2 amide bonds. The average molecular weight is 262 g/mol. The Hall–Kier alpha value is -1.95. The van der Waals surface area contributed by atoms with Crippen molar-refractivity contribution in [2.24, 2.45) is 5.73 Å². The van der Waals surface area contributed by atoms with Crippen LogP contribution in [0.4, 0.5) is 0 Å². The largest absolute Gasteiger partial charge is 0.339 e. The van der Waals surface area contributed by atoms with Gasteiger partial charge in [0.1, 0.15) is 0 Å². The maximum absolute atomic E-state index is 12.2. The van der Waals surface area contributed by atoms with E-state index in [9.17, 15) is 9.59 Å². The monoisotopic (exact) mass is 262 g/mol. The second kappa shape index (κ2) is 6.29. The number of aromatic nitrogens is 1. The van der Waals surface area contributed by atoms with Crippen LogP contribution < -0.4 is 5.73 Å². The van der Waals surface area contributed by atoms with Crippen LogP contribution in [0, 0.1) is 0 Å². The molecule has 1 aromatic rings. The predicted molar refractivity (Wildman–Crippen MR) is 70.4 cm³/mol. The molecular formula is C13H18N4O2. The van der Waals surface area contributed by atoms with Crippen molar-refractivity contribution < 1.29 is 9.59 Å². The Balaban J connectivity index is 1.90. The van der Waals surface area contributed by atoms with Gasteiger partial charge in [0.15, 0.2) is 0 Å². The summed E-state index contributed by atoms with van der Waals surface area (Å²) in [4.78, 5) is 31.3. The summed E-state index contributed by atoms with van der Waals surface area (Å²) < 4.78 is 0. The van der Waals surface area contributed by atoms with E-state index in [1.54, 1.807) is 34.3 Å². The zero-order valence-electron chi connectivity index (χ0n) is 10.8. The Bertz CT molecular complexity index is 441. The van der Waals surface area contributed by atoms with E-state index in [0.717, 1.165) is 0 Å². The van der Waals surface area contributed by atoms with Crippen molar-refractivity contribution in [1.82, 2.24) is 14.8 Å². The van der Waals surface area contributed by atoms with Gasteiger partial charge in [0, 0.05) is 51.5 Å². The first-order valence-corrected chi connectivity index (χ1v) is 6.39. The molecule has 6 heteroatoms. The van der Waals surface area contributed by atoms with Gasteiger partial charge >= 0.3 is 0 Å². The maximum Gasteiger partial charge on any atom is 0.255 e. The lowest BCUT2D eigenvalue weighted by Crippen LogP contribution is -2.50. The molecule has 0 radical (unpaired) electrons. The molecule has 6 nitrogen and oxygen atoms in total. The number of amides is 2. The van der Waals surface area contributed by atoms with Gasteiger partial charge in [-0.2, -0.15) is 0 Å². The van der Waals surface area contributed by atoms with E-state index in [2.05, 4.69) is 4.98 Å². The first kappa shape index (κ1) is 13.5. The topological polar surface area (TPSA) is 79.5 Å². The molecule has 2 rings (SSSR count). The molecule has 0 unspecified atom stereocenters. The SMILES string of the molecule is NCCC(=O)N1CCN(C(=O)c2cccnc2)CC1. The summed E-state index contributed by atoms with van der Waals surface area (Å²) in [5.41, 5.74) is 5.96. The summed E-state index contributed by atoms with van der Waals surface area (Å²) in [6, 6.07) is 3.50. The van der Waals surface area contributed by atoms with Crippen LogP contribution >= 0.6 is 0 Å². The normalized spacial score (nSPS) is 15.4. The lowest BCUT2D eigenvalue weighted by Gasteiger charge is -2.34. The van der Waals surface area contributed by atoms with Gasteiger partial charge in [-0.3, -0.25) is 14.6 Å². The summed E-state index contributed by atoms with van der Waals surface area (Å²) in [6.07, 6.45) is 3.57. The van der Waals surface area contributed by atoms with Gasteiger partial charge in [-0.05, 0) is 12.1 Å². The Labute approximate surface area is 112 Å². The number of hydrogen-bond acceptors (Lipinski definition) is 4. The highest BCUT2D eigenvalue weighted by atomic mass is 16.2. The summed E-state index contributed by atoms with van der Waals surface area (Å²) >= 11 is 0. The molecule has 0 aromatic carbocycles. The van der Waals surface area contributed by atoms with E-state index in [1.807, 2.05) is 0 Å². The van der Waals surface area contributed by atoms with Gasteiger partial charge in [0.05, 0.1) is 5.56 Å². The molecule has 1 fully saturated rings. The van der Waals surface area contributed by atoms with Crippen molar-refractivity contribution in [3.05, 3.63) is 30.1 Å². The summed E-state index contributed by atoms with van der Waals surface area (Å²) in [6.45, 7) is 2.64. The van der Waals surface area contributed by atoms with Crippen molar-refractivity contribution in [3.8, 4) is 0 Å². The lowest BCUT2D eigenvalue weighted by molar-refractivity contribution is -0.132. The highest BCUT2D eigenvalue weighted by molar-refractivity contribution is 5.94. The molecule has 19 heavy (non-hydrogen) atoms. The molecule has 2 N–H and O–H groups in total. The van der Waals surface area contributed by atoms with Gasteiger partial charge in [0.2, 0.25) is 5.91 Å². The third kappa shape index (κ3) is 3.29. The van der Waals surface area contributed by atoms with Crippen LogP contribution in [0.15, 0.2) is 24.5 Å². The number of carbonyl (C=O) groups is 2. The van der Waals surface area contributed by atoms with Crippen molar-refractivity contribution in [3.63, 3.8) is 0 Å². The average Bonchev–Trinajstić information content (AvgIpc) is 2.48. The first-order valence-electron chi connectivity index (χ1n) is 6.39. The van der Waals surface area contributed by atoms with E-state index in [0.29, 0.717) is 44.7 Å². The molecule has 2 heterocycles. The van der Waals surface area contributed by atoms with E-state index < -0.39 is 0 Å². The Morgan fingerprint density at radius 3 is 2.47 bits per heavy atom. The van der Waals surface area contributed by atoms with Crippen LogP contribution in [0.2, 0.25) is 0 Å². The number of piperazine rings is 1. The zero-order valence-corrected chi connectivity index (χ0v) is 10.8. The molecule has 0 bridgehead atoms. The van der Waals surface area contributed by atoms with E-state index in [1.165, 1.54) is 0 Å². The van der Waals surface area contributed by atoms with Gasteiger partial charge in [0.25, 0.3) is 5.91 Å². The first-order chi connectivity index (χ1) is 9.22. The van der Waals surface area contributed by atoms with Crippen LogP contribution in [0.1, 0.15) is 16.8 Å². The molecule has 0 saturated carbocycles. The zero-order chi connectivity index (χ0) is 13.7. The minimum absolute atomic E-state index is 0.0287. The maximum atomic E-state index is 12.2. The second-order valence-corrected chi connectivity index (χ2v) is 4.45. The van der Waals surface area contributed by atoms with Crippen LogP contribution in [-0.2, 0) is 4.79 Å². The molecule has 1 aliphatic heterocycles. The molecule has 102 valence electrons. The fraction of sp³-hybridized carbons (Fsp3) is 0.462. The number of nitrogens with two attached hydrogens (primary N) is 1. The quantitative estimate of drug-likeness (QED) is 0.812. The molecule has 1 saturated heterocycles. The lowest BCUT2D eigenvalue weighted by atomic mass is 10.2. The molecule has 0 aliphatic carbocycles. The number of pyridine rings is 1. The summed E-state index contributed by atoms with van der Waals surface area (Å²) in [7, 11) is 0. The van der Waals surface area contributed by atoms with Crippen LogP contribution in [-0.4, -0.2) is 59.3 Å². The highest BCUT2D eigenvalue weighted by Crippen LogP contribution is 2.08. The predicted octanol–water partition coefficient (Wildman–Crippen LogP) is -0.285. The van der Waals surface area contributed by atoms with Crippen LogP contribution in [0.25, 0.3) is 0 Å². The van der Waals surface area contributed by atoms with Gasteiger partial charge in [-0.15, -0.1) is 0 Å². The fourth-order valence-electron chi connectivity index (χ4n) is 2.11. The van der Waals surface area contributed by atoms with E-state index in [4.69, 9.17) is 5.73 Å². The molecule has 0 atom stereocenters. The van der Waals surface area contributed by atoms with Gasteiger partial charge in [-0.25, -0.2) is 0 Å². The number of carbonyl (C=O) groups excluding carboxylic acids is 2. The summed E-state index contributed by atoms with van der Waals surface area (Å²) in [5.74, 6) is 0.0370. The second-order valence-electron chi connectivity index (χ2n) is 4.45. The van der Waals surface area contributed by atoms with Crippen LogP contribution in [0.3, 0.4) is 0 Å². The van der Waals surface area contributed by atoms with Crippen molar-refractivity contribution in [2.75, 3.05) is 32.7 Å². The molecule has 0 spiro atoms. The van der Waals surface area contributed by atoms with E-state index in [-0.39, 0.29) is 11.8 Å². The fourth-order valence-corrected chi connectivity index (χ4v) is 2.11. The smallest absolute Gasteiger partial charge is 0.255 e. The highest BCUT2D eigenvalue weighted by Gasteiger charge is 2.24. The minimum Gasteiger partial charge on any atom is -0.339 e. The number of nitrogens with zero attached hydrogens (tertiary/aromatic N) is 3. The Morgan fingerprint density at radius 1 is 1.21 bits per heavy atom. The molecular weight excluding hydrogens is 244 g/mol. The summed E-state index contributed by atoms with van der Waals surface area (Å²) in [5, 5.41) is 0. The van der Waals surface area contributed by atoms with Crippen LogP contribution in [0.5, 0.6) is 0 Å². The van der Waals surface area contributed by atoms with Crippen molar-refractivity contribution in [1.29, 1.82) is 0 Å². The molecule has 1 aliphatic rings. The van der Waals surface area contributed by atoms with E-state index >= 15 is 0 Å². The third-order valence-electron chi connectivity index (χ3n) is 3.19. The number of rotatable bonds is 3. The van der Waals surface area contributed by atoms with Crippen molar-refractivity contribution in [2.45, 2.75) is 6.42 Å².